The number of amides is 3. The minimum atomic E-state index is -5.41. The highest BCUT2D eigenvalue weighted by atomic mass is 35.5. The van der Waals surface area contributed by atoms with Gasteiger partial charge >= 0.3 is 18.4 Å². The molecule has 1 fully saturated rings. The molecular weight excluding hydrogens is 1040 g/mol. The number of sulfonamides is 1. The van der Waals surface area contributed by atoms with Gasteiger partial charge in [-0.15, -0.1) is 0 Å². The van der Waals surface area contributed by atoms with E-state index in [0.717, 1.165) is 30.5 Å². The number of rotatable bonds is 13. The van der Waals surface area contributed by atoms with Gasteiger partial charge in [-0.1, -0.05) is 23.6 Å². The number of carbonyl (C=O) groups is 2. The van der Waals surface area contributed by atoms with Crippen molar-refractivity contribution >= 4 is 60.1 Å². The molecule has 3 aromatic heterocycles. The summed E-state index contributed by atoms with van der Waals surface area (Å²) in [6, 6.07) is 1.90. The number of pyridine rings is 1. The Morgan fingerprint density at radius 3 is 2.12 bits per heavy atom. The molecule has 1 saturated carbocycles. The number of anilines is 1. The van der Waals surface area contributed by atoms with Crippen LogP contribution in [0.1, 0.15) is 85.9 Å². The van der Waals surface area contributed by atoms with E-state index in [4.69, 9.17) is 17.3 Å². The van der Waals surface area contributed by atoms with Crippen LogP contribution in [0.2, 0.25) is 5.02 Å². The summed E-state index contributed by atoms with van der Waals surface area (Å²) in [5.41, 5.74) is -3.05. The zero-order chi connectivity index (χ0) is 53.8. The summed E-state index contributed by atoms with van der Waals surface area (Å²) in [5, 5.41) is 18.6. The van der Waals surface area contributed by atoms with Crippen molar-refractivity contribution in [1.82, 2.24) is 29.9 Å². The lowest BCUT2D eigenvalue weighted by Gasteiger charge is -2.29. The molecule has 3 heterocycles. The number of hydrogen-bond acceptors (Lipinski definition) is 10. The maximum absolute atomic E-state index is 16.3. The monoisotopic (exact) mass is 1080 g/mol. The molecule has 72 heavy (non-hydrogen) atoms. The van der Waals surface area contributed by atoms with E-state index in [9.17, 15) is 66.7 Å². The second-order valence-corrected chi connectivity index (χ2v) is 23.4. The molecule has 4 atom stereocenters. The Labute approximate surface area is 408 Å². The van der Waals surface area contributed by atoms with Crippen LogP contribution in [0.5, 0.6) is 0 Å². The number of benzene rings is 2. The molecule has 4 N–H and O–H groups in total. The van der Waals surface area contributed by atoms with Crippen molar-refractivity contribution in [2.75, 3.05) is 23.4 Å². The number of aliphatic hydroxyl groups is 1. The predicted molar refractivity (Wildman–Crippen MR) is 240 cm³/mol. The highest BCUT2D eigenvalue weighted by molar-refractivity contribution is 7.93. The second kappa shape index (κ2) is 17.9. The number of fused-ring (bicyclic) bond motifs is 4. The van der Waals surface area contributed by atoms with E-state index in [-0.39, 0.29) is 13.7 Å². The van der Waals surface area contributed by atoms with Crippen LogP contribution in [0.3, 0.4) is 0 Å². The lowest BCUT2D eigenvalue weighted by Crippen LogP contribution is -2.48. The summed E-state index contributed by atoms with van der Waals surface area (Å²) in [6.07, 6.45) is -10.6. The van der Waals surface area contributed by atoms with E-state index in [1.165, 1.54) is 27.7 Å². The first-order chi connectivity index (χ1) is 32.8. The fourth-order valence-electron chi connectivity index (χ4n) is 8.50. The molecule has 5 aromatic rings. The zero-order valence-electron chi connectivity index (χ0n) is 38.3. The molecule has 28 heteroatoms. The number of alkyl halides is 8. The van der Waals surface area contributed by atoms with Crippen molar-refractivity contribution in [3.8, 4) is 23.0 Å². The molecule has 2 aromatic carbocycles. The van der Waals surface area contributed by atoms with Gasteiger partial charge < -0.3 is 16.2 Å². The van der Waals surface area contributed by atoms with Crippen LogP contribution >= 0.6 is 11.6 Å². The molecule has 2 aliphatic rings. The Bertz CT molecular complexity index is 3340. The van der Waals surface area contributed by atoms with Crippen molar-refractivity contribution < 1.29 is 75.4 Å². The minimum Gasteiger partial charge on any atom is -0.389 e. The van der Waals surface area contributed by atoms with Gasteiger partial charge in [0.1, 0.15) is 40.4 Å². The molecule has 0 radical (unpaired) electrons. The molecule has 0 spiro atoms. The number of urea groups is 1. The largest absolute Gasteiger partial charge is 0.435 e. The number of halogens is 11. The predicted octanol–water partition coefficient (Wildman–Crippen LogP) is 7.49. The average Bonchev–Trinajstić information content (AvgIpc) is 3.71. The number of hydrogen-bond donors (Lipinski definition) is 3. The van der Waals surface area contributed by atoms with Gasteiger partial charge in [0.15, 0.2) is 21.3 Å². The molecule has 0 aliphatic heterocycles. The maximum atomic E-state index is 16.3. The van der Waals surface area contributed by atoms with Crippen LogP contribution in [0.15, 0.2) is 42.5 Å². The minimum absolute atomic E-state index is 0.0450. The standard InChI is InChI=1S/C44H41ClF10N8O7S2/c1-40(2,66)18-57-39(65)63(72(6,69)70)38-31-29(45)10-9-25(33(31)61(60-38)19-42(48,49)50)24-8-7-23(11-12-41(3,4)71(5,67)68)58-32(24)27(15-20-13-21(46)16-22(47)14-20)34(37(56)64)62-36-30(35(59-62)44(53,54)55)26-17-28(26)43(36,51)52/h7-10,13-14,16,26-28,34,66H,15,17-19H2,1-6H3,(H2,56,64)(H,57,65)/t26-,27+,28+,34?/m0/s1. The number of carbonyl (C=O) groups excluding carboxylic acids is 2. The number of aromatic nitrogens is 5. The van der Waals surface area contributed by atoms with E-state index in [2.05, 4.69) is 32.3 Å². The first kappa shape index (κ1) is 53.8. The van der Waals surface area contributed by atoms with Crippen molar-refractivity contribution in [2.24, 2.45) is 11.7 Å². The molecule has 3 amide bonds. The fourth-order valence-corrected chi connectivity index (χ4v) is 9.78. The van der Waals surface area contributed by atoms with Crippen LogP contribution in [0.4, 0.5) is 54.5 Å². The maximum Gasteiger partial charge on any atom is 0.435 e. The van der Waals surface area contributed by atoms with Crippen LogP contribution < -0.4 is 15.4 Å². The molecule has 7 rings (SSSR count). The summed E-state index contributed by atoms with van der Waals surface area (Å²) in [5.74, 6) is -9.44. The average molecular weight is 1080 g/mol. The van der Waals surface area contributed by atoms with Crippen molar-refractivity contribution in [3.05, 3.63) is 93.0 Å². The van der Waals surface area contributed by atoms with Crippen LogP contribution in [0, 0.1) is 29.4 Å². The van der Waals surface area contributed by atoms with E-state index in [1.807, 2.05) is 0 Å². The topological polar surface area (TPSA) is 212 Å². The first-order valence-corrected chi connectivity index (χ1v) is 25.3. The fraction of sp³-hybridized carbons (Fsp3) is 0.432. The molecule has 388 valence electrons. The van der Waals surface area contributed by atoms with Gasteiger partial charge in [-0.3, -0.25) is 9.48 Å². The van der Waals surface area contributed by atoms with Crippen LogP contribution in [0.25, 0.3) is 22.0 Å². The molecular formula is C44H41ClF10N8O7S2. The smallest absolute Gasteiger partial charge is 0.389 e. The number of nitrogens with two attached hydrogens (primary N) is 1. The summed E-state index contributed by atoms with van der Waals surface area (Å²) >= 11 is 6.63. The molecule has 2 aliphatic carbocycles. The quantitative estimate of drug-likeness (QED) is 0.0781. The van der Waals surface area contributed by atoms with Gasteiger partial charge in [0.25, 0.3) is 5.92 Å². The Balaban J connectivity index is 1.62. The van der Waals surface area contributed by atoms with Gasteiger partial charge in [-0.25, -0.2) is 40.1 Å². The van der Waals surface area contributed by atoms with E-state index in [0.29, 0.717) is 24.5 Å². The van der Waals surface area contributed by atoms with E-state index >= 15 is 8.78 Å². The molecule has 0 saturated heterocycles. The SMILES string of the molecule is CC(C)(O)CNC(=O)N(c1nn(CC(F)(F)F)c2c(-c3ccc(C#CC(C)(C)S(C)(=O)=O)nc3[C@@H](Cc3cc(F)cc(F)c3)C(C(N)=O)n3nc(C(F)(F)F)c4c3C(F)(F)[C@@H]3C[C@H]43)ccc(Cl)c12)S(C)(=O)=O. The molecule has 15 nitrogen and oxygen atoms in total. The second-order valence-electron chi connectivity index (χ2n) is 18.6. The Kier molecular flexibility index (Phi) is 13.4. The highest BCUT2D eigenvalue weighted by Gasteiger charge is 2.69. The van der Waals surface area contributed by atoms with Gasteiger partial charge in [0.2, 0.25) is 15.9 Å². The summed E-state index contributed by atoms with van der Waals surface area (Å²) in [4.78, 5) is 32.2. The lowest BCUT2D eigenvalue weighted by atomic mass is 9.84. The van der Waals surface area contributed by atoms with Crippen molar-refractivity contribution in [2.45, 2.75) is 93.6 Å². The van der Waals surface area contributed by atoms with Crippen molar-refractivity contribution in [1.29, 1.82) is 0 Å². The number of nitrogens with zero attached hydrogens (tertiary/aromatic N) is 6. The summed E-state index contributed by atoms with van der Waals surface area (Å²) in [6.45, 7) is 2.19. The third kappa shape index (κ3) is 10.4. The van der Waals surface area contributed by atoms with Gasteiger partial charge in [0.05, 0.1) is 33.5 Å². The van der Waals surface area contributed by atoms with E-state index in [1.54, 1.807) is 0 Å². The van der Waals surface area contributed by atoms with Gasteiger partial charge in [-0.2, -0.15) is 49.6 Å². The summed E-state index contributed by atoms with van der Waals surface area (Å²) in [7, 11) is -8.86. The Hall–Kier alpha value is -5.98. The third-order valence-corrected chi connectivity index (χ3v) is 15.3. The molecule has 1 unspecified atom stereocenters. The molecule has 0 bridgehead atoms. The highest BCUT2D eigenvalue weighted by Crippen LogP contribution is 2.69. The normalized spacial score (nSPS) is 17.7. The first-order valence-electron chi connectivity index (χ1n) is 21.1. The number of sulfone groups is 1. The number of primary amides is 1. The van der Waals surface area contributed by atoms with Gasteiger partial charge in [0, 0.05) is 47.4 Å². The van der Waals surface area contributed by atoms with E-state index < -0.39 is 189 Å². The summed E-state index contributed by atoms with van der Waals surface area (Å²) < 4.78 is 201. The Morgan fingerprint density at radius 2 is 1.58 bits per heavy atom. The lowest BCUT2D eigenvalue weighted by molar-refractivity contribution is -0.143. The van der Waals surface area contributed by atoms with Crippen molar-refractivity contribution in [3.63, 3.8) is 0 Å². The van der Waals surface area contributed by atoms with Crippen LogP contribution in [-0.2, 0) is 49.7 Å². The van der Waals surface area contributed by atoms with Crippen LogP contribution in [-0.4, -0.2) is 94.0 Å². The third-order valence-electron chi connectivity index (χ3n) is 12.0. The Morgan fingerprint density at radius 1 is 0.972 bits per heavy atom. The van der Waals surface area contributed by atoms with Gasteiger partial charge in [-0.05, 0) is 88.3 Å². The zero-order valence-corrected chi connectivity index (χ0v) is 40.7. The number of nitrogens with one attached hydrogen (secondary N) is 1.